The molecule has 146 valence electrons. The van der Waals surface area contributed by atoms with E-state index in [1.807, 2.05) is 48.5 Å². The Labute approximate surface area is 164 Å². The molecule has 0 radical (unpaired) electrons. The minimum Gasteiger partial charge on any atom is -0.497 e. The van der Waals surface area contributed by atoms with Crippen molar-refractivity contribution in [3.05, 3.63) is 65.9 Å². The number of amides is 1. The molecule has 28 heavy (non-hydrogen) atoms. The van der Waals surface area contributed by atoms with Crippen LogP contribution in [0.15, 0.2) is 54.6 Å². The summed E-state index contributed by atoms with van der Waals surface area (Å²) in [6, 6.07) is 17.0. The van der Waals surface area contributed by atoms with Gasteiger partial charge in [-0.15, -0.1) is 0 Å². The second-order valence-corrected chi connectivity index (χ2v) is 6.43. The van der Waals surface area contributed by atoms with Gasteiger partial charge in [0.05, 0.1) is 19.4 Å². The predicted molar refractivity (Wildman–Crippen MR) is 109 cm³/mol. The number of aromatic amines is 1. The molecule has 3 aromatic rings. The monoisotopic (exact) mass is 379 g/mol. The van der Waals surface area contributed by atoms with Crippen LogP contribution in [0.5, 0.6) is 11.5 Å². The van der Waals surface area contributed by atoms with Crippen LogP contribution in [0.2, 0.25) is 0 Å². The average Bonchev–Trinajstić information content (AvgIpc) is 3.23. The molecule has 0 fully saturated rings. The zero-order valence-electron chi connectivity index (χ0n) is 16.2. The third kappa shape index (κ3) is 5.13. The Hall–Kier alpha value is -3.28. The number of nitrogens with one attached hydrogen (secondary N) is 2. The van der Waals surface area contributed by atoms with Gasteiger partial charge < -0.3 is 14.8 Å². The Kier molecular flexibility index (Phi) is 6.68. The number of H-pyrrole nitrogens is 1. The van der Waals surface area contributed by atoms with Crippen molar-refractivity contribution in [3.8, 4) is 22.8 Å². The van der Waals surface area contributed by atoms with Crippen molar-refractivity contribution in [2.75, 3.05) is 13.7 Å². The number of nitrogens with zero attached hydrogens (tertiary/aromatic N) is 1. The standard InChI is InChI=1S/C22H25N3O3/c1-3-4-12-28-18-10-8-17(9-11-18)20-14-21(25-24-20)22(26)23-15-16-6-5-7-19(13-16)27-2/h5-11,13-14H,3-4,12,15H2,1-2H3,(H,23,26)(H,24,25). The molecule has 0 unspecified atom stereocenters. The summed E-state index contributed by atoms with van der Waals surface area (Å²) >= 11 is 0. The van der Waals surface area contributed by atoms with E-state index in [2.05, 4.69) is 22.4 Å². The molecule has 1 amide bonds. The molecule has 2 aromatic carbocycles. The first-order valence-corrected chi connectivity index (χ1v) is 9.39. The number of rotatable bonds is 9. The zero-order valence-corrected chi connectivity index (χ0v) is 16.2. The third-order valence-electron chi connectivity index (χ3n) is 4.33. The second kappa shape index (κ2) is 9.60. The zero-order chi connectivity index (χ0) is 19.8. The summed E-state index contributed by atoms with van der Waals surface area (Å²) < 4.78 is 10.9. The van der Waals surface area contributed by atoms with E-state index < -0.39 is 0 Å². The fraction of sp³-hybridized carbons (Fsp3) is 0.273. The van der Waals surface area contributed by atoms with E-state index in [1.165, 1.54) is 0 Å². The van der Waals surface area contributed by atoms with E-state index in [4.69, 9.17) is 9.47 Å². The minimum atomic E-state index is -0.207. The average molecular weight is 379 g/mol. The summed E-state index contributed by atoms with van der Waals surface area (Å²) in [7, 11) is 1.62. The molecule has 0 aliphatic carbocycles. The smallest absolute Gasteiger partial charge is 0.269 e. The molecular weight excluding hydrogens is 354 g/mol. The van der Waals surface area contributed by atoms with Crippen LogP contribution in [0, 0.1) is 0 Å². The van der Waals surface area contributed by atoms with Crippen LogP contribution in [0.1, 0.15) is 35.8 Å². The number of ether oxygens (including phenoxy) is 2. The molecule has 1 aromatic heterocycles. The van der Waals surface area contributed by atoms with E-state index in [0.717, 1.165) is 42.1 Å². The van der Waals surface area contributed by atoms with Gasteiger partial charge in [-0.05, 0) is 54.4 Å². The maximum atomic E-state index is 12.4. The molecule has 0 aliphatic heterocycles. The third-order valence-corrected chi connectivity index (χ3v) is 4.33. The van der Waals surface area contributed by atoms with Gasteiger partial charge in [0, 0.05) is 12.1 Å². The normalized spacial score (nSPS) is 10.5. The maximum Gasteiger partial charge on any atom is 0.269 e. The lowest BCUT2D eigenvalue weighted by Gasteiger charge is -2.06. The molecule has 1 heterocycles. The number of hydrogen-bond acceptors (Lipinski definition) is 4. The van der Waals surface area contributed by atoms with Gasteiger partial charge in [-0.3, -0.25) is 9.89 Å². The van der Waals surface area contributed by atoms with E-state index in [-0.39, 0.29) is 5.91 Å². The predicted octanol–water partition coefficient (Wildman–Crippen LogP) is 4.19. The quantitative estimate of drug-likeness (QED) is 0.547. The SMILES string of the molecule is CCCCOc1ccc(-c2cc(C(=O)NCc3cccc(OC)c3)[nH]n2)cc1. The Morgan fingerprint density at radius 1 is 1.11 bits per heavy atom. The van der Waals surface area contributed by atoms with Crippen LogP contribution in [0.25, 0.3) is 11.3 Å². The molecule has 0 aliphatic rings. The highest BCUT2D eigenvalue weighted by atomic mass is 16.5. The Morgan fingerprint density at radius 3 is 2.68 bits per heavy atom. The molecule has 6 nitrogen and oxygen atoms in total. The molecule has 3 rings (SSSR count). The van der Waals surface area contributed by atoms with Crippen molar-refractivity contribution < 1.29 is 14.3 Å². The van der Waals surface area contributed by atoms with Gasteiger partial charge in [-0.2, -0.15) is 5.10 Å². The summed E-state index contributed by atoms with van der Waals surface area (Å²) in [6.07, 6.45) is 2.14. The molecule has 6 heteroatoms. The van der Waals surface area contributed by atoms with Crippen LogP contribution < -0.4 is 14.8 Å². The summed E-state index contributed by atoms with van der Waals surface area (Å²) in [5.74, 6) is 1.39. The fourth-order valence-corrected chi connectivity index (χ4v) is 2.70. The summed E-state index contributed by atoms with van der Waals surface area (Å²) in [5.41, 5.74) is 3.02. The van der Waals surface area contributed by atoms with E-state index in [9.17, 15) is 4.79 Å². The first-order chi connectivity index (χ1) is 13.7. The number of aromatic nitrogens is 2. The van der Waals surface area contributed by atoms with Crippen LogP contribution in [0.4, 0.5) is 0 Å². The Morgan fingerprint density at radius 2 is 1.93 bits per heavy atom. The topological polar surface area (TPSA) is 76.2 Å². The molecular formula is C22H25N3O3. The number of unbranched alkanes of at least 4 members (excludes halogenated alkanes) is 1. The summed E-state index contributed by atoms with van der Waals surface area (Å²) in [5, 5.41) is 9.93. The molecule has 0 bridgehead atoms. The number of hydrogen-bond donors (Lipinski definition) is 2. The van der Waals surface area contributed by atoms with E-state index in [1.54, 1.807) is 13.2 Å². The lowest BCUT2D eigenvalue weighted by Crippen LogP contribution is -2.23. The van der Waals surface area contributed by atoms with Gasteiger partial charge in [0.15, 0.2) is 0 Å². The number of carbonyl (C=O) groups is 1. The molecule has 0 atom stereocenters. The van der Waals surface area contributed by atoms with Crippen molar-refractivity contribution in [1.29, 1.82) is 0 Å². The van der Waals surface area contributed by atoms with Gasteiger partial charge in [-0.1, -0.05) is 25.5 Å². The fourth-order valence-electron chi connectivity index (χ4n) is 2.70. The van der Waals surface area contributed by atoms with Gasteiger partial charge >= 0.3 is 0 Å². The lowest BCUT2D eigenvalue weighted by atomic mass is 10.1. The highest BCUT2D eigenvalue weighted by Gasteiger charge is 2.11. The van der Waals surface area contributed by atoms with Crippen molar-refractivity contribution in [1.82, 2.24) is 15.5 Å². The van der Waals surface area contributed by atoms with Crippen LogP contribution in [0.3, 0.4) is 0 Å². The largest absolute Gasteiger partial charge is 0.497 e. The van der Waals surface area contributed by atoms with Gasteiger partial charge in [-0.25, -0.2) is 0 Å². The Bertz CT molecular complexity index is 903. The van der Waals surface area contributed by atoms with Crippen molar-refractivity contribution in [2.24, 2.45) is 0 Å². The van der Waals surface area contributed by atoms with Crippen LogP contribution >= 0.6 is 0 Å². The second-order valence-electron chi connectivity index (χ2n) is 6.43. The van der Waals surface area contributed by atoms with Crippen molar-refractivity contribution in [3.63, 3.8) is 0 Å². The molecule has 0 saturated heterocycles. The minimum absolute atomic E-state index is 0.207. The van der Waals surface area contributed by atoms with Crippen LogP contribution in [-0.4, -0.2) is 29.8 Å². The van der Waals surface area contributed by atoms with Gasteiger partial charge in [0.25, 0.3) is 5.91 Å². The molecule has 0 spiro atoms. The van der Waals surface area contributed by atoms with Crippen molar-refractivity contribution >= 4 is 5.91 Å². The lowest BCUT2D eigenvalue weighted by molar-refractivity contribution is 0.0946. The summed E-state index contributed by atoms with van der Waals surface area (Å²) in [4.78, 5) is 12.4. The van der Waals surface area contributed by atoms with Gasteiger partial charge in [0.2, 0.25) is 0 Å². The molecule has 0 saturated carbocycles. The number of methoxy groups -OCH3 is 1. The first-order valence-electron chi connectivity index (χ1n) is 9.39. The van der Waals surface area contributed by atoms with Crippen LogP contribution in [-0.2, 0) is 6.54 Å². The van der Waals surface area contributed by atoms with Crippen molar-refractivity contribution in [2.45, 2.75) is 26.3 Å². The van der Waals surface area contributed by atoms with E-state index >= 15 is 0 Å². The Balaban J connectivity index is 1.59. The highest BCUT2D eigenvalue weighted by Crippen LogP contribution is 2.21. The molecule has 2 N–H and O–H groups in total. The maximum absolute atomic E-state index is 12.4. The van der Waals surface area contributed by atoms with E-state index in [0.29, 0.717) is 17.9 Å². The highest BCUT2D eigenvalue weighted by molar-refractivity contribution is 5.93. The number of carbonyl (C=O) groups excluding carboxylic acids is 1. The summed E-state index contributed by atoms with van der Waals surface area (Å²) in [6.45, 7) is 3.26. The first kappa shape index (κ1) is 19.5. The number of benzene rings is 2. The van der Waals surface area contributed by atoms with Gasteiger partial charge in [0.1, 0.15) is 17.2 Å².